The fourth-order valence-electron chi connectivity index (χ4n) is 1.24. The van der Waals surface area contributed by atoms with Crippen molar-refractivity contribution >= 4 is 15.9 Å². The Morgan fingerprint density at radius 1 is 1.07 bits per heavy atom. The molecule has 0 aliphatic carbocycles. The molecule has 0 unspecified atom stereocenters. The first-order valence-corrected chi connectivity index (χ1v) is 5.44. The van der Waals surface area contributed by atoms with Crippen molar-refractivity contribution in [3.8, 4) is 11.4 Å². The molecule has 0 fully saturated rings. The molecule has 14 heavy (non-hydrogen) atoms. The zero-order valence-corrected chi connectivity index (χ0v) is 9.11. The van der Waals surface area contributed by atoms with E-state index in [0.29, 0.717) is 0 Å². The molecule has 2 nitrogen and oxygen atoms in total. The van der Waals surface area contributed by atoms with Gasteiger partial charge in [-0.2, -0.15) is 0 Å². The number of aromatic nitrogens is 2. The molecule has 1 aromatic carbocycles. The predicted molar refractivity (Wildman–Crippen MR) is 60.1 cm³/mol. The van der Waals surface area contributed by atoms with Crippen LogP contribution in [-0.2, 0) is 5.33 Å². The molecule has 0 N–H and O–H groups in total. The van der Waals surface area contributed by atoms with Gasteiger partial charge in [0.15, 0.2) is 5.82 Å². The second-order valence-corrected chi connectivity index (χ2v) is 3.47. The van der Waals surface area contributed by atoms with Gasteiger partial charge in [-0.1, -0.05) is 34.1 Å². The van der Waals surface area contributed by atoms with E-state index in [4.69, 9.17) is 0 Å². The lowest BCUT2D eigenvalue weighted by molar-refractivity contribution is 1.17. The molecule has 3 heteroatoms. The van der Waals surface area contributed by atoms with Crippen LogP contribution in [0.5, 0.6) is 0 Å². The number of hydrogen-bond acceptors (Lipinski definition) is 2. The van der Waals surface area contributed by atoms with E-state index in [-0.39, 0.29) is 0 Å². The zero-order valence-electron chi connectivity index (χ0n) is 7.52. The van der Waals surface area contributed by atoms with Crippen LogP contribution in [0, 0.1) is 0 Å². The van der Waals surface area contributed by atoms with E-state index in [0.717, 1.165) is 16.7 Å². The summed E-state index contributed by atoms with van der Waals surface area (Å²) in [5.41, 5.74) is 2.29. The normalized spacial score (nSPS) is 10.1. The highest BCUT2D eigenvalue weighted by molar-refractivity contribution is 9.08. The molecule has 2 aromatic rings. The van der Waals surface area contributed by atoms with Gasteiger partial charge in [0, 0.05) is 23.3 Å². The molecule has 0 atom stereocenters. The van der Waals surface area contributed by atoms with Crippen LogP contribution in [-0.4, -0.2) is 9.97 Å². The second-order valence-electron chi connectivity index (χ2n) is 2.91. The molecular formula is C11H9BrN2. The lowest BCUT2D eigenvalue weighted by Gasteiger charge is -2.00. The van der Waals surface area contributed by atoms with Crippen molar-refractivity contribution in [2.45, 2.75) is 5.33 Å². The minimum atomic E-state index is 0.773. The monoisotopic (exact) mass is 248 g/mol. The van der Waals surface area contributed by atoms with Crippen molar-refractivity contribution in [2.75, 3.05) is 0 Å². The second kappa shape index (κ2) is 4.33. The van der Waals surface area contributed by atoms with Crippen molar-refractivity contribution < 1.29 is 0 Å². The number of hydrogen-bond donors (Lipinski definition) is 0. The Morgan fingerprint density at radius 3 is 2.57 bits per heavy atom. The highest BCUT2D eigenvalue weighted by Crippen LogP contribution is 2.16. The molecule has 0 aliphatic rings. The van der Waals surface area contributed by atoms with Gasteiger partial charge in [-0.05, 0) is 17.7 Å². The minimum Gasteiger partial charge on any atom is -0.237 e. The van der Waals surface area contributed by atoms with Gasteiger partial charge in [-0.15, -0.1) is 0 Å². The molecule has 0 spiro atoms. The minimum absolute atomic E-state index is 0.773. The number of rotatable bonds is 2. The standard InChI is InChI=1S/C11H9BrN2/c12-8-9-3-1-4-10(7-9)11-13-5-2-6-14-11/h1-7H,8H2. The Balaban J connectivity index is 2.42. The van der Waals surface area contributed by atoms with Crippen LogP contribution in [0.1, 0.15) is 5.56 Å². The Morgan fingerprint density at radius 2 is 1.86 bits per heavy atom. The number of halogens is 1. The summed E-state index contributed by atoms with van der Waals surface area (Å²) in [6.45, 7) is 0. The summed E-state index contributed by atoms with van der Waals surface area (Å²) in [5, 5.41) is 0.855. The van der Waals surface area contributed by atoms with Gasteiger partial charge < -0.3 is 0 Å². The summed E-state index contributed by atoms with van der Waals surface area (Å²) in [6, 6.07) is 10.0. The Bertz CT molecular complexity index is 415. The van der Waals surface area contributed by atoms with Crippen molar-refractivity contribution in [1.82, 2.24) is 9.97 Å². The first-order chi connectivity index (χ1) is 6.90. The lowest BCUT2D eigenvalue weighted by atomic mass is 10.1. The SMILES string of the molecule is BrCc1cccc(-c2ncccn2)c1. The van der Waals surface area contributed by atoms with Crippen LogP contribution in [0.3, 0.4) is 0 Å². The molecule has 0 aliphatic heterocycles. The summed E-state index contributed by atoms with van der Waals surface area (Å²) in [7, 11) is 0. The van der Waals surface area contributed by atoms with Gasteiger partial charge in [0.25, 0.3) is 0 Å². The third-order valence-electron chi connectivity index (χ3n) is 1.91. The zero-order chi connectivity index (χ0) is 9.80. The Hall–Kier alpha value is -1.22. The van der Waals surface area contributed by atoms with Gasteiger partial charge in [0.2, 0.25) is 0 Å². The molecule has 1 aromatic heterocycles. The summed E-state index contributed by atoms with van der Waals surface area (Å²) < 4.78 is 0. The van der Waals surface area contributed by atoms with E-state index in [9.17, 15) is 0 Å². The fraction of sp³-hybridized carbons (Fsp3) is 0.0909. The molecule has 0 saturated carbocycles. The van der Waals surface area contributed by atoms with Gasteiger partial charge in [0.05, 0.1) is 0 Å². The summed E-state index contributed by atoms with van der Waals surface area (Å²) in [6.07, 6.45) is 3.51. The predicted octanol–water partition coefficient (Wildman–Crippen LogP) is 3.04. The first-order valence-electron chi connectivity index (χ1n) is 4.32. The molecule has 0 amide bonds. The first kappa shape index (κ1) is 9.34. The van der Waals surface area contributed by atoms with E-state index in [1.54, 1.807) is 12.4 Å². The average Bonchev–Trinajstić information content (AvgIpc) is 2.30. The van der Waals surface area contributed by atoms with E-state index in [1.165, 1.54) is 5.56 Å². The average molecular weight is 249 g/mol. The van der Waals surface area contributed by atoms with E-state index >= 15 is 0 Å². The molecule has 0 bridgehead atoms. The molecule has 0 radical (unpaired) electrons. The van der Waals surface area contributed by atoms with Crippen LogP contribution in [0.15, 0.2) is 42.7 Å². The molecule has 0 saturated heterocycles. The molecule has 2 rings (SSSR count). The van der Waals surface area contributed by atoms with Crippen LogP contribution in [0.4, 0.5) is 0 Å². The molecular weight excluding hydrogens is 240 g/mol. The van der Waals surface area contributed by atoms with Crippen LogP contribution < -0.4 is 0 Å². The Kier molecular flexibility index (Phi) is 2.89. The summed E-state index contributed by atoms with van der Waals surface area (Å²) in [4.78, 5) is 8.40. The quantitative estimate of drug-likeness (QED) is 0.764. The number of benzene rings is 1. The maximum absolute atomic E-state index is 4.20. The smallest absolute Gasteiger partial charge is 0.159 e. The van der Waals surface area contributed by atoms with E-state index < -0.39 is 0 Å². The maximum Gasteiger partial charge on any atom is 0.159 e. The molecule has 1 heterocycles. The third-order valence-corrected chi connectivity index (χ3v) is 2.55. The van der Waals surface area contributed by atoms with Gasteiger partial charge >= 0.3 is 0 Å². The molecule has 70 valence electrons. The third kappa shape index (κ3) is 1.99. The van der Waals surface area contributed by atoms with Crippen molar-refractivity contribution in [3.05, 3.63) is 48.3 Å². The van der Waals surface area contributed by atoms with E-state index in [1.807, 2.05) is 18.2 Å². The lowest BCUT2D eigenvalue weighted by Crippen LogP contribution is -1.87. The van der Waals surface area contributed by atoms with Crippen LogP contribution >= 0.6 is 15.9 Å². The fourth-order valence-corrected chi connectivity index (χ4v) is 1.59. The van der Waals surface area contributed by atoms with E-state index in [2.05, 4.69) is 38.0 Å². The maximum atomic E-state index is 4.20. The van der Waals surface area contributed by atoms with Gasteiger partial charge in [-0.3, -0.25) is 0 Å². The highest BCUT2D eigenvalue weighted by Gasteiger charge is 1.99. The van der Waals surface area contributed by atoms with Crippen molar-refractivity contribution in [1.29, 1.82) is 0 Å². The number of nitrogens with zero attached hydrogens (tertiary/aromatic N) is 2. The van der Waals surface area contributed by atoms with Crippen LogP contribution in [0.25, 0.3) is 11.4 Å². The number of alkyl halides is 1. The van der Waals surface area contributed by atoms with Gasteiger partial charge in [0.1, 0.15) is 0 Å². The van der Waals surface area contributed by atoms with Crippen LogP contribution in [0.2, 0.25) is 0 Å². The van der Waals surface area contributed by atoms with Crippen molar-refractivity contribution in [2.24, 2.45) is 0 Å². The topological polar surface area (TPSA) is 25.8 Å². The van der Waals surface area contributed by atoms with Crippen molar-refractivity contribution in [3.63, 3.8) is 0 Å². The summed E-state index contributed by atoms with van der Waals surface area (Å²) in [5.74, 6) is 0.773. The highest BCUT2D eigenvalue weighted by atomic mass is 79.9. The Labute approximate surface area is 91.2 Å². The van der Waals surface area contributed by atoms with Gasteiger partial charge in [-0.25, -0.2) is 9.97 Å². The summed E-state index contributed by atoms with van der Waals surface area (Å²) >= 11 is 3.42. The largest absolute Gasteiger partial charge is 0.237 e.